The van der Waals surface area contributed by atoms with E-state index >= 15 is 0 Å². The molecule has 100 valence electrons. The van der Waals surface area contributed by atoms with Crippen molar-refractivity contribution in [1.29, 1.82) is 0 Å². The van der Waals surface area contributed by atoms with Crippen molar-refractivity contribution >= 4 is 0 Å². The summed E-state index contributed by atoms with van der Waals surface area (Å²) in [6.45, 7) is 7.11. The SMILES string of the molecule is CC1(CN)CCN(CCC2CCCCC2)CC1. The van der Waals surface area contributed by atoms with Crippen LogP contribution in [-0.4, -0.2) is 31.1 Å². The van der Waals surface area contributed by atoms with Crippen LogP contribution in [0.4, 0.5) is 0 Å². The van der Waals surface area contributed by atoms with Gasteiger partial charge in [-0.15, -0.1) is 0 Å². The average molecular weight is 238 g/mol. The van der Waals surface area contributed by atoms with Gasteiger partial charge in [0.05, 0.1) is 0 Å². The van der Waals surface area contributed by atoms with Gasteiger partial charge in [-0.2, -0.15) is 0 Å². The van der Waals surface area contributed by atoms with Crippen LogP contribution in [0.3, 0.4) is 0 Å². The topological polar surface area (TPSA) is 29.3 Å². The number of hydrogen-bond donors (Lipinski definition) is 1. The van der Waals surface area contributed by atoms with E-state index in [-0.39, 0.29) is 0 Å². The summed E-state index contributed by atoms with van der Waals surface area (Å²) in [5.74, 6) is 1.03. The Kier molecular flexibility index (Phi) is 4.87. The zero-order valence-corrected chi connectivity index (χ0v) is 11.6. The molecule has 0 aromatic rings. The van der Waals surface area contributed by atoms with Gasteiger partial charge in [-0.3, -0.25) is 0 Å². The third kappa shape index (κ3) is 3.96. The zero-order valence-electron chi connectivity index (χ0n) is 11.6. The summed E-state index contributed by atoms with van der Waals surface area (Å²) in [6.07, 6.45) is 11.5. The lowest BCUT2D eigenvalue weighted by atomic mass is 9.80. The van der Waals surface area contributed by atoms with Gasteiger partial charge in [0.2, 0.25) is 0 Å². The number of likely N-dealkylation sites (tertiary alicyclic amines) is 1. The molecular formula is C15H30N2. The normalized spacial score (nSPS) is 27.2. The second-order valence-corrected chi connectivity index (χ2v) is 6.65. The first-order chi connectivity index (χ1) is 8.22. The fourth-order valence-electron chi connectivity index (χ4n) is 3.36. The number of piperidine rings is 1. The smallest absolute Gasteiger partial charge is 0.00131 e. The summed E-state index contributed by atoms with van der Waals surface area (Å²) in [5.41, 5.74) is 6.29. The first-order valence-corrected chi connectivity index (χ1v) is 7.64. The Labute approximate surface area is 107 Å². The van der Waals surface area contributed by atoms with Gasteiger partial charge in [-0.25, -0.2) is 0 Å². The molecule has 1 saturated heterocycles. The quantitative estimate of drug-likeness (QED) is 0.816. The molecule has 0 aromatic carbocycles. The van der Waals surface area contributed by atoms with Crippen LogP contribution in [0.1, 0.15) is 58.3 Å². The van der Waals surface area contributed by atoms with Crippen LogP contribution in [0.2, 0.25) is 0 Å². The van der Waals surface area contributed by atoms with E-state index in [1.54, 1.807) is 0 Å². The minimum atomic E-state index is 0.432. The number of rotatable bonds is 4. The highest BCUT2D eigenvalue weighted by Crippen LogP contribution is 2.31. The molecule has 0 spiro atoms. The van der Waals surface area contributed by atoms with Crippen molar-refractivity contribution in [3.05, 3.63) is 0 Å². The molecule has 0 amide bonds. The Bertz CT molecular complexity index is 213. The molecule has 1 saturated carbocycles. The first kappa shape index (κ1) is 13.4. The van der Waals surface area contributed by atoms with Gasteiger partial charge in [0.25, 0.3) is 0 Å². The molecule has 1 aliphatic heterocycles. The Morgan fingerprint density at radius 2 is 1.76 bits per heavy atom. The van der Waals surface area contributed by atoms with Crippen LogP contribution in [0.15, 0.2) is 0 Å². The molecule has 0 bridgehead atoms. The molecule has 1 aliphatic carbocycles. The molecule has 2 aliphatic rings. The lowest BCUT2D eigenvalue weighted by molar-refractivity contribution is 0.116. The maximum Gasteiger partial charge on any atom is -0.00131 e. The summed E-state index contributed by atoms with van der Waals surface area (Å²) >= 11 is 0. The van der Waals surface area contributed by atoms with Crippen LogP contribution >= 0.6 is 0 Å². The lowest BCUT2D eigenvalue weighted by Crippen LogP contribution is -2.42. The third-order valence-corrected chi connectivity index (χ3v) is 5.13. The van der Waals surface area contributed by atoms with E-state index in [9.17, 15) is 0 Å². The van der Waals surface area contributed by atoms with Gasteiger partial charge in [0, 0.05) is 0 Å². The minimum Gasteiger partial charge on any atom is -0.330 e. The van der Waals surface area contributed by atoms with Gasteiger partial charge < -0.3 is 10.6 Å². The summed E-state index contributed by atoms with van der Waals surface area (Å²) < 4.78 is 0. The summed E-state index contributed by atoms with van der Waals surface area (Å²) in [7, 11) is 0. The van der Waals surface area contributed by atoms with Crippen LogP contribution in [0.25, 0.3) is 0 Å². The van der Waals surface area contributed by atoms with Crippen LogP contribution < -0.4 is 5.73 Å². The van der Waals surface area contributed by atoms with Crippen molar-refractivity contribution in [3.63, 3.8) is 0 Å². The third-order valence-electron chi connectivity index (χ3n) is 5.13. The van der Waals surface area contributed by atoms with Crippen molar-refractivity contribution in [1.82, 2.24) is 4.90 Å². The summed E-state index contributed by atoms with van der Waals surface area (Å²) in [4.78, 5) is 2.67. The van der Waals surface area contributed by atoms with Crippen LogP contribution in [-0.2, 0) is 0 Å². The maximum atomic E-state index is 5.86. The molecule has 2 rings (SSSR count). The van der Waals surface area contributed by atoms with Crippen molar-refractivity contribution in [2.24, 2.45) is 17.1 Å². The van der Waals surface area contributed by atoms with E-state index in [1.807, 2.05) is 0 Å². The van der Waals surface area contributed by atoms with Crippen molar-refractivity contribution < 1.29 is 0 Å². The average Bonchev–Trinajstić information content (AvgIpc) is 2.39. The number of nitrogens with zero attached hydrogens (tertiary/aromatic N) is 1. The number of nitrogens with two attached hydrogens (primary N) is 1. The van der Waals surface area contributed by atoms with Crippen molar-refractivity contribution in [3.8, 4) is 0 Å². The molecule has 0 unspecified atom stereocenters. The lowest BCUT2D eigenvalue weighted by Gasteiger charge is -2.39. The van der Waals surface area contributed by atoms with Crippen LogP contribution in [0.5, 0.6) is 0 Å². The standard InChI is InChI=1S/C15H30N2/c1-15(13-16)8-11-17(12-9-15)10-7-14-5-3-2-4-6-14/h14H,2-13,16H2,1H3. The molecular weight excluding hydrogens is 208 g/mol. The summed E-state index contributed by atoms with van der Waals surface area (Å²) in [5, 5.41) is 0. The zero-order chi connectivity index (χ0) is 12.1. The fourth-order valence-corrected chi connectivity index (χ4v) is 3.36. The van der Waals surface area contributed by atoms with E-state index in [4.69, 9.17) is 5.73 Å². The monoisotopic (exact) mass is 238 g/mol. The number of hydrogen-bond acceptors (Lipinski definition) is 2. The van der Waals surface area contributed by atoms with Gasteiger partial charge in [0.1, 0.15) is 0 Å². The van der Waals surface area contributed by atoms with E-state index in [1.165, 1.54) is 71.0 Å². The molecule has 17 heavy (non-hydrogen) atoms. The highest BCUT2D eigenvalue weighted by molar-refractivity contribution is 4.83. The largest absolute Gasteiger partial charge is 0.330 e. The Morgan fingerprint density at radius 3 is 2.35 bits per heavy atom. The highest BCUT2D eigenvalue weighted by atomic mass is 15.1. The second-order valence-electron chi connectivity index (χ2n) is 6.65. The molecule has 1 heterocycles. The Morgan fingerprint density at radius 1 is 1.12 bits per heavy atom. The highest BCUT2D eigenvalue weighted by Gasteiger charge is 2.28. The van der Waals surface area contributed by atoms with E-state index < -0.39 is 0 Å². The molecule has 2 nitrogen and oxygen atoms in total. The predicted molar refractivity (Wildman–Crippen MR) is 74.0 cm³/mol. The first-order valence-electron chi connectivity index (χ1n) is 7.64. The van der Waals surface area contributed by atoms with Gasteiger partial charge in [-0.05, 0) is 56.8 Å². The fraction of sp³-hybridized carbons (Fsp3) is 1.00. The van der Waals surface area contributed by atoms with Crippen LogP contribution in [0, 0.1) is 11.3 Å². The predicted octanol–water partition coefficient (Wildman–Crippen LogP) is 3.02. The molecule has 2 fully saturated rings. The summed E-state index contributed by atoms with van der Waals surface area (Å²) in [6, 6.07) is 0. The molecule has 0 aromatic heterocycles. The van der Waals surface area contributed by atoms with Gasteiger partial charge in [0.15, 0.2) is 0 Å². The Balaban J connectivity index is 1.64. The van der Waals surface area contributed by atoms with E-state index in [0.717, 1.165) is 12.5 Å². The second kappa shape index (κ2) is 6.19. The van der Waals surface area contributed by atoms with E-state index in [0.29, 0.717) is 5.41 Å². The van der Waals surface area contributed by atoms with Crippen molar-refractivity contribution in [2.75, 3.05) is 26.2 Å². The van der Waals surface area contributed by atoms with Gasteiger partial charge >= 0.3 is 0 Å². The van der Waals surface area contributed by atoms with Gasteiger partial charge in [-0.1, -0.05) is 39.0 Å². The molecule has 0 radical (unpaired) electrons. The minimum absolute atomic E-state index is 0.432. The molecule has 2 heteroatoms. The van der Waals surface area contributed by atoms with Crippen molar-refractivity contribution in [2.45, 2.75) is 58.3 Å². The maximum absolute atomic E-state index is 5.86. The Hall–Kier alpha value is -0.0800. The molecule has 2 N–H and O–H groups in total. The molecule has 0 atom stereocenters. The van der Waals surface area contributed by atoms with E-state index in [2.05, 4.69) is 11.8 Å².